The van der Waals surface area contributed by atoms with Crippen molar-refractivity contribution >= 4 is 5.91 Å². The van der Waals surface area contributed by atoms with Crippen LogP contribution in [0.3, 0.4) is 0 Å². The Morgan fingerprint density at radius 1 is 1.10 bits per heavy atom. The van der Waals surface area contributed by atoms with Gasteiger partial charge in [0, 0.05) is 48.5 Å². The quantitative estimate of drug-likeness (QED) is 0.637. The predicted octanol–water partition coefficient (Wildman–Crippen LogP) is 5.41. The van der Waals surface area contributed by atoms with Crippen LogP contribution in [0.1, 0.15) is 82.1 Å². The molecule has 0 radical (unpaired) electrons. The molecule has 2 heterocycles. The van der Waals surface area contributed by atoms with E-state index >= 15 is 0 Å². The Bertz CT molecular complexity index is 901. The van der Waals surface area contributed by atoms with Crippen molar-refractivity contribution in [2.75, 3.05) is 6.54 Å². The number of rotatable bonds is 6. The lowest BCUT2D eigenvalue weighted by atomic mass is 9.78. The average Bonchev–Trinajstić information content (AvgIpc) is 2.83. The van der Waals surface area contributed by atoms with Crippen LogP contribution in [0.25, 0.3) is 11.1 Å². The first-order chi connectivity index (χ1) is 15.1. The van der Waals surface area contributed by atoms with Gasteiger partial charge in [0.2, 0.25) is 5.91 Å². The van der Waals surface area contributed by atoms with Gasteiger partial charge in [-0.3, -0.25) is 9.78 Å². The molecule has 0 aromatic carbocycles. The highest BCUT2D eigenvalue weighted by Gasteiger charge is 2.27. The van der Waals surface area contributed by atoms with E-state index < -0.39 is 0 Å². The molecule has 0 spiro atoms. The van der Waals surface area contributed by atoms with Gasteiger partial charge in [0.15, 0.2) is 0 Å². The lowest BCUT2D eigenvalue weighted by Gasteiger charge is -2.30. The topological polar surface area (TPSA) is 67.8 Å². The van der Waals surface area contributed by atoms with Crippen LogP contribution in [0.4, 0.5) is 0 Å². The highest BCUT2D eigenvalue weighted by atomic mass is 16.1. The van der Waals surface area contributed by atoms with Gasteiger partial charge >= 0.3 is 0 Å². The molecule has 2 aliphatic rings. The lowest BCUT2D eigenvalue weighted by Crippen LogP contribution is -2.35. The second kappa shape index (κ2) is 10.2. The van der Waals surface area contributed by atoms with Gasteiger partial charge in [-0.15, -0.1) is 0 Å². The second-order valence-corrected chi connectivity index (χ2v) is 9.36. The number of hydrogen-bond acceptors (Lipinski definition) is 4. The summed E-state index contributed by atoms with van der Waals surface area (Å²) in [5.41, 5.74) is 3.45. The van der Waals surface area contributed by atoms with E-state index in [2.05, 4.69) is 41.3 Å². The number of aromatic nitrogens is 3. The SMILES string of the molecule is CC(C)c1ncc(-c2ccncc2)c(C2CCC(CNC(=O)C3CC=CCC3)CC2)n1. The van der Waals surface area contributed by atoms with Gasteiger partial charge in [-0.1, -0.05) is 26.0 Å². The molecule has 1 amide bonds. The molecule has 31 heavy (non-hydrogen) atoms. The van der Waals surface area contributed by atoms with Crippen LogP contribution in [0, 0.1) is 11.8 Å². The Kier molecular flexibility index (Phi) is 7.10. The maximum absolute atomic E-state index is 12.5. The Hall–Kier alpha value is -2.56. The first-order valence-electron chi connectivity index (χ1n) is 11.8. The number of hydrogen-bond donors (Lipinski definition) is 1. The van der Waals surface area contributed by atoms with Crippen LogP contribution >= 0.6 is 0 Å². The Labute approximate surface area is 185 Å². The minimum absolute atomic E-state index is 0.166. The molecule has 1 saturated carbocycles. The highest BCUT2D eigenvalue weighted by Crippen LogP contribution is 2.39. The first-order valence-corrected chi connectivity index (χ1v) is 11.8. The molecule has 1 fully saturated rings. The van der Waals surface area contributed by atoms with Gasteiger partial charge in [-0.05, 0) is 68.6 Å². The first kappa shape index (κ1) is 21.7. The molecule has 164 valence electrons. The molecular weight excluding hydrogens is 384 g/mol. The van der Waals surface area contributed by atoms with Crippen molar-refractivity contribution in [3.05, 3.63) is 54.4 Å². The number of carbonyl (C=O) groups excluding carboxylic acids is 1. The van der Waals surface area contributed by atoms with Gasteiger partial charge in [0.05, 0.1) is 5.69 Å². The fraction of sp³-hybridized carbons (Fsp3) is 0.538. The maximum atomic E-state index is 12.5. The summed E-state index contributed by atoms with van der Waals surface area (Å²) in [4.78, 5) is 26.3. The van der Waals surface area contributed by atoms with E-state index in [-0.39, 0.29) is 11.8 Å². The summed E-state index contributed by atoms with van der Waals surface area (Å²) in [6, 6.07) is 4.08. The summed E-state index contributed by atoms with van der Waals surface area (Å²) in [5, 5.41) is 3.23. The summed E-state index contributed by atoms with van der Waals surface area (Å²) >= 11 is 0. The molecule has 1 atom stereocenters. The zero-order chi connectivity index (χ0) is 21.6. The van der Waals surface area contributed by atoms with Crippen LogP contribution in [0.5, 0.6) is 0 Å². The van der Waals surface area contributed by atoms with Crippen LogP contribution in [0.2, 0.25) is 0 Å². The fourth-order valence-corrected chi connectivity index (χ4v) is 4.81. The van der Waals surface area contributed by atoms with E-state index in [9.17, 15) is 4.79 Å². The monoisotopic (exact) mass is 418 g/mol. The third kappa shape index (κ3) is 5.38. The van der Waals surface area contributed by atoms with Gasteiger partial charge in [-0.25, -0.2) is 9.97 Å². The number of allylic oxidation sites excluding steroid dienone is 2. The molecular formula is C26H34N4O. The maximum Gasteiger partial charge on any atom is 0.223 e. The van der Waals surface area contributed by atoms with Crippen molar-refractivity contribution in [3.63, 3.8) is 0 Å². The molecule has 1 unspecified atom stereocenters. The second-order valence-electron chi connectivity index (χ2n) is 9.36. The van der Waals surface area contributed by atoms with E-state index in [1.165, 1.54) is 5.69 Å². The number of nitrogens with one attached hydrogen (secondary N) is 1. The minimum atomic E-state index is 0.166. The molecule has 2 aromatic rings. The minimum Gasteiger partial charge on any atom is -0.356 e. The highest BCUT2D eigenvalue weighted by molar-refractivity contribution is 5.79. The molecule has 0 saturated heterocycles. The Balaban J connectivity index is 1.40. The van der Waals surface area contributed by atoms with Crippen LogP contribution < -0.4 is 5.32 Å². The van der Waals surface area contributed by atoms with Crippen molar-refractivity contribution in [2.24, 2.45) is 11.8 Å². The smallest absolute Gasteiger partial charge is 0.223 e. The molecule has 5 nitrogen and oxygen atoms in total. The molecule has 5 heteroatoms. The Morgan fingerprint density at radius 2 is 1.87 bits per heavy atom. The fourth-order valence-electron chi connectivity index (χ4n) is 4.81. The normalized spacial score (nSPS) is 23.6. The third-order valence-corrected chi connectivity index (χ3v) is 6.78. The number of amides is 1. The standard InChI is InChI=1S/C26H34N4O/c1-18(2)25-28-17-23(20-12-14-27-15-13-20)24(30-25)21-10-8-19(9-11-21)16-29-26(31)22-6-4-3-5-7-22/h3-4,12-15,17-19,21-22H,5-11,16H2,1-2H3,(H,29,31). The predicted molar refractivity (Wildman–Crippen MR) is 124 cm³/mol. The molecule has 2 aliphatic carbocycles. The van der Waals surface area contributed by atoms with Gasteiger partial charge in [-0.2, -0.15) is 0 Å². The van der Waals surface area contributed by atoms with Gasteiger partial charge in [0.25, 0.3) is 0 Å². The summed E-state index contributed by atoms with van der Waals surface area (Å²) in [6.45, 7) is 5.10. The van der Waals surface area contributed by atoms with Crippen LogP contribution in [-0.2, 0) is 4.79 Å². The van der Waals surface area contributed by atoms with Crippen LogP contribution in [0.15, 0.2) is 42.9 Å². The van der Waals surface area contributed by atoms with Gasteiger partial charge < -0.3 is 5.32 Å². The average molecular weight is 419 g/mol. The van der Waals surface area contributed by atoms with Crippen molar-refractivity contribution in [2.45, 2.75) is 70.6 Å². The Morgan fingerprint density at radius 3 is 2.55 bits per heavy atom. The van der Waals surface area contributed by atoms with E-state index in [4.69, 9.17) is 4.98 Å². The largest absolute Gasteiger partial charge is 0.356 e. The van der Waals surface area contributed by atoms with E-state index in [1.807, 2.05) is 30.7 Å². The van der Waals surface area contributed by atoms with Crippen molar-refractivity contribution in [3.8, 4) is 11.1 Å². The molecule has 4 rings (SSSR count). The zero-order valence-corrected chi connectivity index (χ0v) is 18.8. The summed E-state index contributed by atoms with van der Waals surface area (Å²) in [5.74, 6) is 2.65. The van der Waals surface area contributed by atoms with E-state index in [1.54, 1.807) is 0 Å². The molecule has 2 aromatic heterocycles. The molecule has 0 bridgehead atoms. The summed E-state index contributed by atoms with van der Waals surface area (Å²) in [6.07, 6.45) is 17.4. The number of carbonyl (C=O) groups is 1. The van der Waals surface area contributed by atoms with Crippen molar-refractivity contribution < 1.29 is 4.79 Å². The van der Waals surface area contributed by atoms with Crippen molar-refractivity contribution in [1.29, 1.82) is 0 Å². The van der Waals surface area contributed by atoms with Crippen LogP contribution in [-0.4, -0.2) is 27.4 Å². The van der Waals surface area contributed by atoms with E-state index in [0.717, 1.165) is 68.4 Å². The van der Waals surface area contributed by atoms with Crippen molar-refractivity contribution in [1.82, 2.24) is 20.3 Å². The van der Waals surface area contributed by atoms with E-state index in [0.29, 0.717) is 17.8 Å². The zero-order valence-electron chi connectivity index (χ0n) is 18.8. The lowest BCUT2D eigenvalue weighted by molar-refractivity contribution is -0.125. The number of nitrogens with zero attached hydrogens (tertiary/aromatic N) is 3. The summed E-state index contributed by atoms with van der Waals surface area (Å²) < 4.78 is 0. The summed E-state index contributed by atoms with van der Waals surface area (Å²) in [7, 11) is 0. The van der Waals surface area contributed by atoms with Gasteiger partial charge in [0.1, 0.15) is 5.82 Å². The molecule has 1 N–H and O–H groups in total. The molecule has 0 aliphatic heterocycles. The number of pyridine rings is 1. The third-order valence-electron chi connectivity index (χ3n) is 6.78.